The van der Waals surface area contributed by atoms with E-state index in [1.165, 1.54) is 16.9 Å². The van der Waals surface area contributed by atoms with Crippen molar-refractivity contribution >= 4 is 45.2 Å². The Kier molecular flexibility index (Phi) is 5.12. The van der Waals surface area contributed by atoms with Crippen LogP contribution in [0, 0.1) is 0 Å². The van der Waals surface area contributed by atoms with Crippen LogP contribution in [0.25, 0.3) is 11.0 Å². The van der Waals surface area contributed by atoms with Crippen molar-refractivity contribution in [3.05, 3.63) is 59.7 Å². The van der Waals surface area contributed by atoms with Gasteiger partial charge in [0.05, 0.1) is 5.52 Å². The molecule has 0 radical (unpaired) electrons. The lowest BCUT2D eigenvalue weighted by Crippen LogP contribution is -2.11. The van der Waals surface area contributed by atoms with E-state index in [-0.39, 0.29) is 5.91 Å². The predicted octanol–water partition coefficient (Wildman–Crippen LogP) is 3.85. The molecule has 0 aliphatic heterocycles. The molecule has 0 atom stereocenters. The molecule has 7 nitrogen and oxygen atoms in total. The highest BCUT2D eigenvalue weighted by Gasteiger charge is 2.13. The van der Waals surface area contributed by atoms with Gasteiger partial charge in [-0.2, -0.15) is 0 Å². The quantitative estimate of drug-likeness (QED) is 0.394. The number of anilines is 1. The number of fused-ring (bicyclic) bond motifs is 1. The minimum absolute atomic E-state index is 0.237. The van der Waals surface area contributed by atoms with Crippen LogP contribution in [-0.4, -0.2) is 31.1 Å². The van der Waals surface area contributed by atoms with Gasteiger partial charge in [-0.05, 0) is 30.7 Å². The third kappa shape index (κ3) is 3.99. The zero-order chi connectivity index (χ0) is 18.6. The van der Waals surface area contributed by atoms with Crippen LogP contribution in [0.5, 0.6) is 0 Å². The lowest BCUT2D eigenvalue weighted by molar-refractivity contribution is 0.102. The topological polar surface area (TPSA) is 85.6 Å². The molecule has 2 aromatic heterocycles. The molecule has 4 rings (SSSR count). The molecule has 0 bridgehead atoms. The van der Waals surface area contributed by atoms with Crippen LogP contribution in [-0.2, 0) is 12.3 Å². The highest BCUT2D eigenvalue weighted by Crippen LogP contribution is 2.28. The number of rotatable bonds is 6. The second-order valence-corrected chi connectivity index (χ2v) is 7.91. The first-order chi connectivity index (χ1) is 13.2. The van der Waals surface area contributed by atoms with Gasteiger partial charge in [0, 0.05) is 17.9 Å². The number of aryl methyl sites for hydroxylation is 1. The van der Waals surface area contributed by atoms with Crippen molar-refractivity contribution < 1.29 is 4.79 Å². The molecule has 0 spiro atoms. The summed E-state index contributed by atoms with van der Waals surface area (Å²) in [5.74, 6) is 0.575. The maximum Gasteiger partial charge on any atom is 0.257 e. The minimum Gasteiger partial charge on any atom is -0.296 e. The molecule has 1 amide bonds. The van der Waals surface area contributed by atoms with E-state index in [1.807, 2.05) is 31.2 Å². The van der Waals surface area contributed by atoms with Gasteiger partial charge in [-0.3, -0.25) is 10.1 Å². The highest BCUT2D eigenvalue weighted by atomic mass is 32.2. The van der Waals surface area contributed by atoms with Gasteiger partial charge in [0.15, 0.2) is 4.34 Å². The van der Waals surface area contributed by atoms with E-state index in [0.29, 0.717) is 16.2 Å². The summed E-state index contributed by atoms with van der Waals surface area (Å²) in [5.41, 5.74) is 3.33. The average molecular weight is 397 g/mol. The normalized spacial score (nSPS) is 11.0. The van der Waals surface area contributed by atoms with Gasteiger partial charge in [-0.1, -0.05) is 58.6 Å². The van der Waals surface area contributed by atoms with Crippen molar-refractivity contribution in [2.75, 3.05) is 5.32 Å². The Morgan fingerprint density at radius 1 is 1.15 bits per heavy atom. The van der Waals surface area contributed by atoms with Gasteiger partial charge in [-0.25, -0.2) is 4.68 Å². The number of nitrogens with zero attached hydrogens (tertiary/aromatic N) is 5. The highest BCUT2D eigenvalue weighted by molar-refractivity contribution is 8.00. The summed E-state index contributed by atoms with van der Waals surface area (Å²) in [7, 11) is 0. The fourth-order valence-electron chi connectivity index (χ4n) is 2.55. The third-order valence-corrected chi connectivity index (χ3v) is 5.95. The van der Waals surface area contributed by atoms with Crippen molar-refractivity contribution in [1.29, 1.82) is 0 Å². The van der Waals surface area contributed by atoms with Crippen molar-refractivity contribution in [3.8, 4) is 0 Å². The standard InChI is InChI=1S/C18H16N6OS2/c1-2-24-15-9-8-13(10-14(15)20-23-24)16(25)19-17-21-22-18(27-17)26-11-12-6-4-3-5-7-12/h3-10H,2,11H2,1H3,(H,19,21,25). The Labute approximate surface area is 163 Å². The smallest absolute Gasteiger partial charge is 0.257 e. The Hall–Kier alpha value is -2.78. The Bertz CT molecular complexity index is 1080. The fourth-order valence-corrected chi connectivity index (χ4v) is 4.26. The maximum atomic E-state index is 12.5. The van der Waals surface area contributed by atoms with Crippen molar-refractivity contribution in [2.45, 2.75) is 23.6 Å². The van der Waals surface area contributed by atoms with Crippen LogP contribution in [0.4, 0.5) is 5.13 Å². The molecule has 0 aliphatic rings. The Morgan fingerprint density at radius 2 is 2.00 bits per heavy atom. The molecule has 0 fully saturated rings. The molecule has 0 unspecified atom stereocenters. The molecule has 4 aromatic rings. The number of carbonyl (C=O) groups is 1. The fraction of sp³-hybridized carbons (Fsp3) is 0.167. The summed E-state index contributed by atoms with van der Waals surface area (Å²) in [6.07, 6.45) is 0. The van der Waals surface area contributed by atoms with Crippen LogP contribution < -0.4 is 5.32 Å². The number of benzene rings is 2. The van der Waals surface area contributed by atoms with Crippen molar-refractivity contribution in [3.63, 3.8) is 0 Å². The van der Waals surface area contributed by atoms with E-state index in [4.69, 9.17) is 0 Å². The number of aromatic nitrogens is 5. The summed E-state index contributed by atoms with van der Waals surface area (Å²) >= 11 is 2.96. The maximum absolute atomic E-state index is 12.5. The number of hydrogen-bond donors (Lipinski definition) is 1. The first kappa shape index (κ1) is 17.6. The summed E-state index contributed by atoms with van der Waals surface area (Å²) in [6.45, 7) is 2.73. The average Bonchev–Trinajstić information content (AvgIpc) is 3.33. The van der Waals surface area contributed by atoms with Gasteiger partial charge in [-0.15, -0.1) is 15.3 Å². The van der Waals surface area contributed by atoms with Gasteiger partial charge in [0.25, 0.3) is 5.91 Å². The van der Waals surface area contributed by atoms with E-state index < -0.39 is 0 Å². The summed E-state index contributed by atoms with van der Waals surface area (Å²) in [5, 5.41) is 19.6. The second kappa shape index (κ2) is 7.85. The number of carbonyl (C=O) groups excluding carboxylic acids is 1. The van der Waals surface area contributed by atoms with E-state index in [2.05, 4.69) is 38.0 Å². The lowest BCUT2D eigenvalue weighted by atomic mass is 10.2. The monoisotopic (exact) mass is 396 g/mol. The molecule has 2 aromatic carbocycles. The van der Waals surface area contributed by atoms with Gasteiger partial charge < -0.3 is 0 Å². The molecular formula is C18H16N6OS2. The van der Waals surface area contributed by atoms with Crippen LogP contribution in [0.3, 0.4) is 0 Å². The number of hydrogen-bond acceptors (Lipinski definition) is 7. The molecule has 0 aliphatic carbocycles. The summed E-state index contributed by atoms with van der Waals surface area (Å²) < 4.78 is 2.60. The Balaban J connectivity index is 1.41. The molecule has 1 N–H and O–H groups in total. The molecule has 0 saturated carbocycles. The summed E-state index contributed by atoms with van der Waals surface area (Å²) in [4.78, 5) is 12.5. The lowest BCUT2D eigenvalue weighted by Gasteiger charge is -2.01. The third-order valence-electron chi connectivity index (χ3n) is 3.91. The molecule has 2 heterocycles. The van der Waals surface area contributed by atoms with Gasteiger partial charge in [0.2, 0.25) is 5.13 Å². The van der Waals surface area contributed by atoms with E-state index in [9.17, 15) is 4.79 Å². The minimum atomic E-state index is -0.237. The number of amides is 1. The zero-order valence-corrected chi connectivity index (χ0v) is 16.1. The number of nitrogens with one attached hydrogen (secondary N) is 1. The largest absolute Gasteiger partial charge is 0.296 e. The van der Waals surface area contributed by atoms with Crippen LogP contribution >= 0.6 is 23.1 Å². The van der Waals surface area contributed by atoms with E-state index in [1.54, 1.807) is 28.6 Å². The molecule has 0 saturated heterocycles. The van der Waals surface area contributed by atoms with Crippen molar-refractivity contribution in [2.24, 2.45) is 0 Å². The van der Waals surface area contributed by atoms with Crippen LogP contribution in [0.15, 0.2) is 52.9 Å². The molecule has 27 heavy (non-hydrogen) atoms. The number of thioether (sulfide) groups is 1. The Morgan fingerprint density at radius 3 is 2.81 bits per heavy atom. The zero-order valence-electron chi connectivity index (χ0n) is 14.5. The summed E-state index contributed by atoms with van der Waals surface area (Å²) in [6, 6.07) is 15.5. The van der Waals surface area contributed by atoms with E-state index in [0.717, 1.165) is 22.2 Å². The second-order valence-electron chi connectivity index (χ2n) is 5.71. The van der Waals surface area contributed by atoms with Crippen molar-refractivity contribution in [1.82, 2.24) is 25.2 Å². The van der Waals surface area contributed by atoms with Gasteiger partial charge in [0.1, 0.15) is 5.52 Å². The first-order valence-corrected chi connectivity index (χ1v) is 10.2. The first-order valence-electron chi connectivity index (χ1n) is 8.38. The predicted molar refractivity (Wildman–Crippen MR) is 107 cm³/mol. The van der Waals surface area contributed by atoms with Gasteiger partial charge >= 0.3 is 0 Å². The SMILES string of the molecule is CCn1nnc2cc(C(=O)Nc3nnc(SCc4ccccc4)s3)ccc21. The molecular weight excluding hydrogens is 380 g/mol. The van der Waals surface area contributed by atoms with Crippen LogP contribution in [0.2, 0.25) is 0 Å². The molecule has 136 valence electrons. The molecule has 9 heteroatoms. The van der Waals surface area contributed by atoms with Crippen LogP contribution in [0.1, 0.15) is 22.8 Å². The van der Waals surface area contributed by atoms with E-state index >= 15 is 0 Å².